The molecule has 7 heteroatoms. The zero-order chi connectivity index (χ0) is 16.4. The Balaban J connectivity index is 2.25. The van der Waals surface area contributed by atoms with Gasteiger partial charge in [0.25, 0.3) is 0 Å². The molecule has 0 aliphatic carbocycles. The first-order chi connectivity index (χ1) is 10.3. The van der Waals surface area contributed by atoms with Gasteiger partial charge in [-0.3, -0.25) is 0 Å². The molecule has 1 aromatic rings. The summed E-state index contributed by atoms with van der Waals surface area (Å²) >= 11 is 1.78. The van der Waals surface area contributed by atoms with Gasteiger partial charge in [0.15, 0.2) is 0 Å². The molecule has 1 atom stereocenters. The van der Waals surface area contributed by atoms with Gasteiger partial charge < -0.3 is 9.47 Å². The summed E-state index contributed by atoms with van der Waals surface area (Å²) in [7, 11) is -0.527. The highest BCUT2D eigenvalue weighted by atomic mass is 32.2. The zero-order valence-corrected chi connectivity index (χ0v) is 15.1. The van der Waals surface area contributed by atoms with Crippen LogP contribution < -0.4 is 9.46 Å². The Morgan fingerprint density at radius 2 is 1.95 bits per heavy atom. The van der Waals surface area contributed by atoms with Crippen molar-refractivity contribution in [2.45, 2.75) is 30.8 Å². The van der Waals surface area contributed by atoms with E-state index in [1.54, 1.807) is 31.0 Å². The number of methoxy groups -OCH3 is 2. The molecule has 1 aliphatic heterocycles. The number of thioether (sulfide) groups is 1. The third-order valence-corrected chi connectivity index (χ3v) is 6.80. The Bertz CT molecular complexity index is 637. The van der Waals surface area contributed by atoms with Crippen LogP contribution >= 0.6 is 11.8 Å². The van der Waals surface area contributed by atoms with Crippen molar-refractivity contribution in [2.24, 2.45) is 0 Å². The predicted octanol–water partition coefficient (Wildman–Crippen LogP) is 2.11. The highest BCUT2D eigenvalue weighted by Gasteiger charge is 2.36. The monoisotopic (exact) mass is 345 g/mol. The molecule has 0 radical (unpaired) electrons. The van der Waals surface area contributed by atoms with Gasteiger partial charge in [0.1, 0.15) is 10.6 Å². The summed E-state index contributed by atoms with van der Waals surface area (Å²) in [5, 5.41) is 0. The summed E-state index contributed by atoms with van der Waals surface area (Å²) < 4.78 is 38.7. The van der Waals surface area contributed by atoms with E-state index in [4.69, 9.17) is 9.47 Å². The number of nitrogens with one attached hydrogen (secondary N) is 1. The van der Waals surface area contributed by atoms with Crippen LogP contribution in [0.15, 0.2) is 17.0 Å². The lowest BCUT2D eigenvalue weighted by Crippen LogP contribution is -2.44. The number of sulfonamides is 1. The summed E-state index contributed by atoms with van der Waals surface area (Å²) in [6, 6.07) is 3.40. The van der Waals surface area contributed by atoms with E-state index in [1.165, 1.54) is 7.11 Å². The van der Waals surface area contributed by atoms with E-state index in [1.807, 2.05) is 13.8 Å². The summed E-state index contributed by atoms with van der Waals surface area (Å²) in [5.74, 6) is 2.15. The van der Waals surface area contributed by atoms with Crippen LogP contribution in [0.4, 0.5) is 0 Å². The molecule has 1 aliphatic rings. The first kappa shape index (κ1) is 17.6. The number of hydrogen-bond donors (Lipinski definition) is 1. The second-order valence-corrected chi connectivity index (χ2v) is 8.44. The average molecular weight is 345 g/mol. The standard InChI is InChI=1S/C15H23NO4S2/c1-11-7-13(19-3)14(8-12(11)2)22(17,18)16-9-15(20-4)5-6-21-10-15/h7-8,16H,5-6,9-10H2,1-4H3/t15-/m0/s1. The Kier molecular flexibility index (Phi) is 5.42. The number of benzene rings is 1. The second-order valence-electron chi connectivity index (χ2n) is 5.60. The van der Waals surface area contributed by atoms with Crippen molar-refractivity contribution in [3.05, 3.63) is 23.3 Å². The van der Waals surface area contributed by atoms with Crippen molar-refractivity contribution in [1.29, 1.82) is 0 Å². The van der Waals surface area contributed by atoms with Crippen molar-refractivity contribution >= 4 is 21.8 Å². The van der Waals surface area contributed by atoms with Crippen LogP contribution in [-0.2, 0) is 14.8 Å². The maximum absolute atomic E-state index is 12.6. The van der Waals surface area contributed by atoms with Crippen molar-refractivity contribution < 1.29 is 17.9 Å². The Labute approximate surface area is 136 Å². The molecule has 1 N–H and O–H groups in total. The summed E-state index contributed by atoms with van der Waals surface area (Å²) in [6.07, 6.45) is 0.848. The fourth-order valence-electron chi connectivity index (χ4n) is 2.40. The van der Waals surface area contributed by atoms with Gasteiger partial charge in [-0.15, -0.1) is 0 Å². The van der Waals surface area contributed by atoms with Crippen molar-refractivity contribution in [2.75, 3.05) is 32.3 Å². The Hall–Kier alpha value is -0.760. The van der Waals surface area contributed by atoms with Crippen LogP contribution in [0.1, 0.15) is 17.5 Å². The summed E-state index contributed by atoms with van der Waals surface area (Å²) in [6.45, 7) is 4.09. The van der Waals surface area contributed by atoms with E-state index in [0.29, 0.717) is 5.75 Å². The molecule has 1 aromatic carbocycles. The highest BCUT2D eigenvalue weighted by molar-refractivity contribution is 7.99. The van der Waals surface area contributed by atoms with Gasteiger partial charge in [-0.25, -0.2) is 13.1 Å². The van der Waals surface area contributed by atoms with Crippen LogP contribution in [0.2, 0.25) is 0 Å². The topological polar surface area (TPSA) is 64.6 Å². The minimum absolute atomic E-state index is 0.176. The molecule has 0 unspecified atom stereocenters. The lowest BCUT2D eigenvalue weighted by atomic mass is 10.0. The van der Waals surface area contributed by atoms with Crippen LogP contribution in [0.25, 0.3) is 0 Å². The number of rotatable bonds is 6. The van der Waals surface area contributed by atoms with E-state index in [-0.39, 0.29) is 11.4 Å². The zero-order valence-electron chi connectivity index (χ0n) is 13.4. The van der Waals surface area contributed by atoms with Crippen molar-refractivity contribution in [3.63, 3.8) is 0 Å². The molecule has 124 valence electrons. The lowest BCUT2D eigenvalue weighted by molar-refractivity contribution is 0.0179. The van der Waals surface area contributed by atoms with Gasteiger partial charge in [-0.1, -0.05) is 0 Å². The third kappa shape index (κ3) is 3.59. The fourth-order valence-corrected chi connectivity index (χ4v) is 5.14. The SMILES string of the molecule is COc1cc(C)c(C)cc1S(=O)(=O)NC[C@@]1(OC)CCSC1. The van der Waals surface area contributed by atoms with E-state index >= 15 is 0 Å². The first-order valence-electron chi connectivity index (χ1n) is 7.11. The quantitative estimate of drug-likeness (QED) is 0.855. The van der Waals surface area contributed by atoms with Gasteiger partial charge in [0.2, 0.25) is 10.0 Å². The van der Waals surface area contributed by atoms with Gasteiger partial charge in [-0.05, 0) is 49.3 Å². The van der Waals surface area contributed by atoms with Crippen molar-refractivity contribution in [3.8, 4) is 5.75 Å². The van der Waals surface area contributed by atoms with Crippen LogP contribution in [0, 0.1) is 13.8 Å². The molecule has 1 heterocycles. The van der Waals surface area contributed by atoms with E-state index in [2.05, 4.69) is 4.72 Å². The van der Waals surface area contributed by atoms with Gasteiger partial charge in [-0.2, -0.15) is 11.8 Å². The van der Waals surface area contributed by atoms with Gasteiger partial charge >= 0.3 is 0 Å². The second kappa shape index (κ2) is 6.78. The normalized spacial score (nSPS) is 22.0. The van der Waals surface area contributed by atoms with Gasteiger partial charge in [0, 0.05) is 19.4 Å². The molecule has 0 spiro atoms. The van der Waals surface area contributed by atoms with Crippen LogP contribution in [0.3, 0.4) is 0 Å². The fraction of sp³-hybridized carbons (Fsp3) is 0.600. The Morgan fingerprint density at radius 3 is 2.50 bits per heavy atom. The smallest absolute Gasteiger partial charge is 0.244 e. The summed E-state index contributed by atoms with van der Waals surface area (Å²) in [4.78, 5) is 0.176. The van der Waals surface area contributed by atoms with Crippen molar-refractivity contribution in [1.82, 2.24) is 4.72 Å². The maximum Gasteiger partial charge on any atom is 0.244 e. The number of hydrogen-bond acceptors (Lipinski definition) is 5. The minimum atomic E-state index is -3.64. The largest absolute Gasteiger partial charge is 0.495 e. The predicted molar refractivity (Wildman–Crippen MR) is 89.3 cm³/mol. The molecular formula is C15H23NO4S2. The molecule has 2 rings (SSSR count). The minimum Gasteiger partial charge on any atom is -0.495 e. The first-order valence-corrected chi connectivity index (χ1v) is 9.75. The molecule has 0 amide bonds. The molecular weight excluding hydrogens is 322 g/mol. The maximum atomic E-state index is 12.6. The number of aryl methyl sites for hydroxylation is 2. The highest BCUT2D eigenvalue weighted by Crippen LogP contribution is 2.32. The summed E-state index contributed by atoms with van der Waals surface area (Å²) in [5.41, 5.74) is 1.50. The van der Waals surface area contributed by atoms with Crippen LogP contribution in [-0.4, -0.2) is 46.3 Å². The van der Waals surface area contributed by atoms with Gasteiger partial charge in [0.05, 0.1) is 12.7 Å². The van der Waals surface area contributed by atoms with Crippen LogP contribution in [0.5, 0.6) is 5.75 Å². The molecule has 0 aromatic heterocycles. The average Bonchev–Trinajstić information content (AvgIpc) is 2.97. The van der Waals surface area contributed by atoms with E-state index in [0.717, 1.165) is 29.1 Å². The third-order valence-electron chi connectivity index (χ3n) is 4.15. The van der Waals surface area contributed by atoms with E-state index in [9.17, 15) is 8.42 Å². The Morgan fingerprint density at radius 1 is 1.27 bits per heavy atom. The molecule has 0 saturated carbocycles. The number of ether oxygens (including phenoxy) is 2. The molecule has 5 nitrogen and oxygen atoms in total. The molecule has 22 heavy (non-hydrogen) atoms. The molecule has 1 fully saturated rings. The lowest BCUT2D eigenvalue weighted by Gasteiger charge is -2.27. The molecule has 0 bridgehead atoms. The van der Waals surface area contributed by atoms with E-state index < -0.39 is 15.6 Å². The molecule has 1 saturated heterocycles.